The fourth-order valence-corrected chi connectivity index (χ4v) is 2.92. The summed E-state index contributed by atoms with van der Waals surface area (Å²) in [6.45, 7) is 6.74. The number of aliphatic hydroxyl groups excluding tert-OH is 1. The molecule has 0 saturated carbocycles. The van der Waals surface area contributed by atoms with E-state index in [9.17, 15) is 9.90 Å². The predicted octanol–water partition coefficient (Wildman–Crippen LogP) is 2.87. The Labute approximate surface area is 139 Å². The fourth-order valence-electron chi connectivity index (χ4n) is 2.92. The molecule has 0 spiro atoms. The van der Waals surface area contributed by atoms with Crippen LogP contribution in [0.25, 0.3) is 0 Å². The Morgan fingerprint density at radius 2 is 1.96 bits per heavy atom. The lowest BCUT2D eigenvalue weighted by atomic mass is 9.97. The third-order valence-corrected chi connectivity index (χ3v) is 4.50. The summed E-state index contributed by atoms with van der Waals surface area (Å²) in [4.78, 5) is 14.2. The number of anilines is 1. The van der Waals surface area contributed by atoms with Gasteiger partial charge in [0.15, 0.2) is 0 Å². The molecule has 2 rings (SSSR count). The smallest absolute Gasteiger partial charge is 0.246 e. The molecule has 4 heteroatoms. The van der Waals surface area contributed by atoms with Gasteiger partial charge in [-0.2, -0.15) is 0 Å². The number of benzene rings is 1. The molecule has 1 aliphatic heterocycles. The average Bonchev–Trinajstić information content (AvgIpc) is 2.60. The quantitative estimate of drug-likeness (QED) is 0.794. The monoisotopic (exact) mass is 316 g/mol. The summed E-state index contributed by atoms with van der Waals surface area (Å²) in [5.41, 5.74) is 3.10. The first-order valence-electron chi connectivity index (χ1n) is 8.53. The average molecular weight is 316 g/mol. The van der Waals surface area contributed by atoms with Crippen LogP contribution in [0.2, 0.25) is 0 Å². The van der Waals surface area contributed by atoms with Gasteiger partial charge in [0.25, 0.3) is 0 Å². The van der Waals surface area contributed by atoms with Gasteiger partial charge in [-0.05, 0) is 49.8 Å². The minimum atomic E-state index is 0.00185. The van der Waals surface area contributed by atoms with Crippen LogP contribution >= 0.6 is 0 Å². The number of amides is 1. The van der Waals surface area contributed by atoms with Crippen molar-refractivity contribution >= 4 is 11.6 Å². The number of piperidine rings is 1. The van der Waals surface area contributed by atoms with Crippen molar-refractivity contribution in [3.05, 3.63) is 41.5 Å². The van der Waals surface area contributed by atoms with Gasteiger partial charge in [0.1, 0.15) is 0 Å². The Morgan fingerprint density at radius 3 is 2.52 bits per heavy atom. The van der Waals surface area contributed by atoms with E-state index in [1.54, 1.807) is 0 Å². The minimum absolute atomic E-state index is 0.00185. The molecule has 1 amide bonds. The number of hydrogen-bond donors (Lipinski definition) is 2. The summed E-state index contributed by atoms with van der Waals surface area (Å²) in [6, 6.07) is 8.39. The maximum atomic E-state index is 11.9. The van der Waals surface area contributed by atoms with Crippen LogP contribution in [0.15, 0.2) is 35.9 Å². The van der Waals surface area contributed by atoms with E-state index >= 15 is 0 Å². The van der Waals surface area contributed by atoms with Gasteiger partial charge in [-0.3, -0.25) is 4.79 Å². The van der Waals surface area contributed by atoms with Crippen molar-refractivity contribution < 1.29 is 9.90 Å². The van der Waals surface area contributed by atoms with E-state index in [1.807, 2.05) is 19.9 Å². The number of hydrogen-bond acceptors (Lipinski definition) is 3. The van der Waals surface area contributed by atoms with Crippen molar-refractivity contribution in [2.75, 3.05) is 24.6 Å². The van der Waals surface area contributed by atoms with E-state index < -0.39 is 0 Å². The second-order valence-electron chi connectivity index (χ2n) is 6.26. The molecule has 0 atom stereocenters. The minimum Gasteiger partial charge on any atom is -0.396 e. The van der Waals surface area contributed by atoms with E-state index in [2.05, 4.69) is 34.5 Å². The molecular formula is C19H28N2O2. The van der Waals surface area contributed by atoms with Crippen LogP contribution in [0.5, 0.6) is 0 Å². The van der Waals surface area contributed by atoms with Crippen LogP contribution in [0.1, 0.15) is 38.7 Å². The fraction of sp³-hybridized carbons (Fsp3) is 0.526. The van der Waals surface area contributed by atoms with Gasteiger partial charge in [0, 0.05) is 37.5 Å². The molecule has 2 N–H and O–H groups in total. The molecule has 1 aliphatic rings. The molecule has 0 unspecified atom stereocenters. The molecule has 1 heterocycles. The van der Waals surface area contributed by atoms with E-state index in [1.165, 1.54) is 5.69 Å². The zero-order valence-corrected chi connectivity index (χ0v) is 14.2. The summed E-state index contributed by atoms with van der Waals surface area (Å²) in [5, 5.41) is 12.2. The molecule has 0 aliphatic carbocycles. The first kappa shape index (κ1) is 17.5. The first-order chi connectivity index (χ1) is 11.1. The molecule has 0 bridgehead atoms. The summed E-state index contributed by atoms with van der Waals surface area (Å²) in [7, 11) is 0. The molecule has 0 radical (unpaired) electrons. The lowest BCUT2D eigenvalue weighted by Crippen LogP contribution is -2.34. The number of carbonyl (C=O) groups excluding carboxylic acids is 1. The summed E-state index contributed by atoms with van der Waals surface area (Å²) in [5.74, 6) is 0.460. The topological polar surface area (TPSA) is 52.6 Å². The Hall–Kier alpha value is -1.81. The summed E-state index contributed by atoms with van der Waals surface area (Å²) < 4.78 is 0. The molecule has 0 aromatic heterocycles. The second-order valence-corrected chi connectivity index (χ2v) is 6.26. The van der Waals surface area contributed by atoms with E-state index in [-0.39, 0.29) is 5.91 Å². The molecule has 126 valence electrons. The highest BCUT2D eigenvalue weighted by Crippen LogP contribution is 2.23. The molecule has 1 aromatic carbocycles. The van der Waals surface area contributed by atoms with Gasteiger partial charge in [0.05, 0.1) is 0 Å². The Balaban J connectivity index is 1.85. The van der Waals surface area contributed by atoms with Crippen LogP contribution in [-0.4, -0.2) is 30.7 Å². The molecule has 1 fully saturated rings. The van der Waals surface area contributed by atoms with Gasteiger partial charge in [-0.1, -0.05) is 25.1 Å². The van der Waals surface area contributed by atoms with Crippen molar-refractivity contribution in [1.82, 2.24) is 5.32 Å². The number of aliphatic hydroxyl groups is 1. The van der Waals surface area contributed by atoms with E-state index in [0.717, 1.165) is 43.5 Å². The van der Waals surface area contributed by atoms with Crippen LogP contribution in [0.3, 0.4) is 0 Å². The zero-order chi connectivity index (χ0) is 16.7. The third kappa shape index (κ3) is 5.10. The molecule has 1 saturated heterocycles. The number of nitrogens with zero attached hydrogens (tertiary/aromatic N) is 1. The van der Waals surface area contributed by atoms with Crippen molar-refractivity contribution in [3.8, 4) is 0 Å². The largest absolute Gasteiger partial charge is 0.396 e. The normalized spacial score (nSPS) is 16.5. The van der Waals surface area contributed by atoms with Crippen LogP contribution < -0.4 is 10.2 Å². The Kier molecular flexibility index (Phi) is 6.66. The molecule has 4 nitrogen and oxygen atoms in total. The highest BCUT2D eigenvalue weighted by Gasteiger charge is 2.18. The van der Waals surface area contributed by atoms with E-state index in [4.69, 9.17) is 0 Å². The summed E-state index contributed by atoms with van der Waals surface area (Å²) in [6.07, 6.45) is 4.92. The van der Waals surface area contributed by atoms with Crippen LogP contribution in [0.4, 0.5) is 5.69 Å². The lowest BCUT2D eigenvalue weighted by Gasteiger charge is -2.33. The number of rotatable bonds is 6. The van der Waals surface area contributed by atoms with Crippen molar-refractivity contribution in [2.45, 2.75) is 39.7 Å². The van der Waals surface area contributed by atoms with E-state index in [0.29, 0.717) is 19.1 Å². The number of carbonyl (C=O) groups is 1. The predicted molar refractivity (Wildman–Crippen MR) is 94.4 cm³/mol. The van der Waals surface area contributed by atoms with Crippen molar-refractivity contribution in [2.24, 2.45) is 5.92 Å². The number of allylic oxidation sites excluding steroid dienone is 1. The molecule has 1 aromatic rings. The standard InChI is InChI=1S/C19H28N2O2/c1-3-4-15(2)19(23)20-13-16-5-7-18(8-6-16)21-11-9-17(14-22)10-12-21/h4-8,17,22H,3,9-14H2,1-2H3,(H,20,23). The maximum absolute atomic E-state index is 11.9. The first-order valence-corrected chi connectivity index (χ1v) is 8.53. The molecular weight excluding hydrogens is 288 g/mol. The SMILES string of the molecule is CCC=C(C)C(=O)NCc1ccc(N2CCC(CO)CC2)cc1. The number of nitrogens with one attached hydrogen (secondary N) is 1. The second kappa shape index (κ2) is 8.73. The van der Waals surface area contributed by atoms with Gasteiger partial charge in [-0.15, -0.1) is 0 Å². The zero-order valence-electron chi connectivity index (χ0n) is 14.2. The molecule has 23 heavy (non-hydrogen) atoms. The van der Waals surface area contributed by atoms with Crippen LogP contribution in [0, 0.1) is 5.92 Å². The highest BCUT2D eigenvalue weighted by atomic mass is 16.3. The third-order valence-electron chi connectivity index (χ3n) is 4.50. The maximum Gasteiger partial charge on any atom is 0.246 e. The lowest BCUT2D eigenvalue weighted by molar-refractivity contribution is -0.117. The van der Waals surface area contributed by atoms with Crippen molar-refractivity contribution in [3.63, 3.8) is 0 Å². The summed E-state index contributed by atoms with van der Waals surface area (Å²) >= 11 is 0. The van der Waals surface area contributed by atoms with Gasteiger partial charge in [0.2, 0.25) is 5.91 Å². The van der Waals surface area contributed by atoms with Gasteiger partial charge < -0.3 is 15.3 Å². The van der Waals surface area contributed by atoms with Gasteiger partial charge >= 0.3 is 0 Å². The van der Waals surface area contributed by atoms with Crippen molar-refractivity contribution in [1.29, 1.82) is 0 Å². The van der Waals surface area contributed by atoms with Crippen LogP contribution in [-0.2, 0) is 11.3 Å². The Bertz CT molecular complexity index is 529. The highest BCUT2D eigenvalue weighted by molar-refractivity contribution is 5.92. The van der Waals surface area contributed by atoms with Gasteiger partial charge in [-0.25, -0.2) is 0 Å². The Morgan fingerprint density at radius 1 is 1.30 bits per heavy atom.